The molecule has 0 spiro atoms. The summed E-state index contributed by atoms with van der Waals surface area (Å²) in [5.74, 6) is -0.689. The number of nitrogens with zero attached hydrogens (tertiary/aromatic N) is 1. The number of nitrogens with one attached hydrogen (secondary N) is 1. The zero-order valence-electron chi connectivity index (χ0n) is 17.2. The van der Waals surface area contributed by atoms with Crippen LogP contribution in [0.2, 0.25) is 0 Å². The van der Waals surface area contributed by atoms with Gasteiger partial charge in [-0.1, -0.05) is 32.0 Å². The van der Waals surface area contributed by atoms with E-state index in [1.165, 1.54) is 0 Å². The van der Waals surface area contributed by atoms with Crippen molar-refractivity contribution in [2.75, 3.05) is 13.2 Å². The smallest absolute Gasteiger partial charge is 0.262 e. The lowest BCUT2D eigenvalue weighted by Crippen LogP contribution is -2.52. The van der Waals surface area contributed by atoms with E-state index in [1.54, 1.807) is 24.3 Å². The number of ether oxygens (including phenoxy) is 1. The molecule has 1 atom stereocenters. The highest BCUT2D eigenvalue weighted by Crippen LogP contribution is 2.27. The lowest BCUT2D eigenvalue weighted by atomic mass is 10.0. The Morgan fingerprint density at radius 3 is 2.07 bits per heavy atom. The van der Waals surface area contributed by atoms with Gasteiger partial charge >= 0.3 is 0 Å². The number of carbonyl (C=O) groups is 3. The van der Waals surface area contributed by atoms with E-state index in [4.69, 9.17) is 4.74 Å². The maximum atomic E-state index is 12.8. The Kier molecular flexibility index (Phi) is 6.01. The lowest BCUT2D eigenvalue weighted by molar-refractivity contribution is -0.126. The van der Waals surface area contributed by atoms with Crippen molar-refractivity contribution in [2.24, 2.45) is 5.92 Å². The molecule has 3 amide bonds. The topological polar surface area (TPSA) is 75.7 Å². The van der Waals surface area contributed by atoms with Crippen LogP contribution in [0.1, 0.15) is 45.7 Å². The van der Waals surface area contributed by atoms with Gasteiger partial charge in [-0.05, 0) is 55.2 Å². The molecule has 1 aliphatic heterocycles. The maximum Gasteiger partial charge on any atom is 0.262 e. The summed E-state index contributed by atoms with van der Waals surface area (Å²) in [7, 11) is 0. The number of hydrogen-bond donors (Lipinski definition) is 1. The second-order valence-corrected chi connectivity index (χ2v) is 7.68. The molecule has 0 bridgehead atoms. The Hall–Kier alpha value is -3.15. The van der Waals surface area contributed by atoms with E-state index in [9.17, 15) is 14.4 Å². The Morgan fingerprint density at radius 1 is 1.00 bits per heavy atom. The van der Waals surface area contributed by atoms with Crippen LogP contribution in [0.15, 0.2) is 42.5 Å². The highest BCUT2D eigenvalue weighted by Gasteiger charge is 2.43. The molecular formula is C23H26N2O4. The normalized spacial score (nSPS) is 14.2. The number of aryl methyl sites for hydroxylation is 2. The van der Waals surface area contributed by atoms with Gasteiger partial charge in [-0.15, -0.1) is 0 Å². The van der Waals surface area contributed by atoms with Crippen molar-refractivity contribution in [1.29, 1.82) is 0 Å². The summed E-state index contributed by atoms with van der Waals surface area (Å²) >= 11 is 0. The van der Waals surface area contributed by atoms with Crippen molar-refractivity contribution < 1.29 is 19.1 Å². The first-order chi connectivity index (χ1) is 13.8. The average Bonchev–Trinajstić information content (AvgIpc) is 2.90. The first-order valence-corrected chi connectivity index (χ1v) is 9.75. The van der Waals surface area contributed by atoms with Crippen molar-refractivity contribution >= 4 is 17.7 Å². The van der Waals surface area contributed by atoms with Gasteiger partial charge in [0.05, 0.1) is 17.7 Å². The van der Waals surface area contributed by atoms with E-state index in [-0.39, 0.29) is 18.4 Å². The monoisotopic (exact) mass is 394 g/mol. The predicted octanol–water partition coefficient (Wildman–Crippen LogP) is 3.12. The molecule has 6 nitrogen and oxygen atoms in total. The Labute approximate surface area is 170 Å². The van der Waals surface area contributed by atoms with Gasteiger partial charge < -0.3 is 10.1 Å². The Morgan fingerprint density at radius 2 is 1.55 bits per heavy atom. The first-order valence-electron chi connectivity index (χ1n) is 9.75. The maximum absolute atomic E-state index is 12.8. The number of benzene rings is 2. The standard InChI is InChI=1S/C23H26N2O4/c1-14(2)20(25-22(27)18-7-5-6-8-19(18)23(25)28)21(26)24-9-10-29-17-12-15(3)11-16(4)13-17/h5-8,11-14,20H,9-10H2,1-4H3,(H,24,26)/t20-/m1/s1. The van der Waals surface area contributed by atoms with Crippen LogP contribution in [0, 0.1) is 19.8 Å². The van der Waals surface area contributed by atoms with Crippen molar-refractivity contribution in [1.82, 2.24) is 10.2 Å². The van der Waals surface area contributed by atoms with Gasteiger partial charge in [0.1, 0.15) is 18.4 Å². The van der Waals surface area contributed by atoms with Crippen LogP contribution in [0.25, 0.3) is 0 Å². The highest BCUT2D eigenvalue weighted by molar-refractivity contribution is 6.22. The minimum absolute atomic E-state index is 0.224. The predicted molar refractivity (Wildman–Crippen MR) is 110 cm³/mol. The van der Waals surface area contributed by atoms with Crippen LogP contribution in [0.4, 0.5) is 0 Å². The molecule has 0 aliphatic carbocycles. The number of hydrogen-bond acceptors (Lipinski definition) is 4. The van der Waals surface area contributed by atoms with E-state index < -0.39 is 17.9 Å². The molecule has 1 heterocycles. The van der Waals surface area contributed by atoms with Gasteiger partial charge in [0.2, 0.25) is 5.91 Å². The zero-order valence-corrected chi connectivity index (χ0v) is 17.2. The molecule has 2 aromatic rings. The number of carbonyl (C=O) groups excluding carboxylic acids is 3. The minimum atomic E-state index is -0.872. The van der Waals surface area contributed by atoms with E-state index in [0.717, 1.165) is 21.8 Å². The summed E-state index contributed by atoms with van der Waals surface area (Å²) in [5, 5.41) is 2.80. The largest absolute Gasteiger partial charge is 0.492 e. The first kappa shape index (κ1) is 20.6. The molecule has 29 heavy (non-hydrogen) atoms. The van der Waals surface area contributed by atoms with Gasteiger partial charge in [-0.3, -0.25) is 19.3 Å². The van der Waals surface area contributed by atoms with Crippen LogP contribution in [-0.4, -0.2) is 41.8 Å². The molecule has 3 rings (SSSR count). The number of amides is 3. The van der Waals surface area contributed by atoms with Crippen LogP contribution >= 0.6 is 0 Å². The molecule has 0 fully saturated rings. The van der Waals surface area contributed by atoms with Gasteiger partial charge in [-0.2, -0.15) is 0 Å². The van der Waals surface area contributed by atoms with Gasteiger partial charge in [-0.25, -0.2) is 0 Å². The third kappa shape index (κ3) is 4.31. The molecule has 0 saturated carbocycles. The summed E-state index contributed by atoms with van der Waals surface area (Å²) in [6.07, 6.45) is 0. The molecule has 0 saturated heterocycles. The third-order valence-electron chi connectivity index (χ3n) is 4.87. The second-order valence-electron chi connectivity index (χ2n) is 7.68. The molecule has 1 aliphatic rings. The van der Waals surface area contributed by atoms with E-state index in [0.29, 0.717) is 17.7 Å². The van der Waals surface area contributed by atoms with E-state index >= 15 is 0 Å². The number of fused-ring (bicyclic) bond motifs is 1. The van der Waals surface area contributed by atoms with Crippen molar-refractivity contribution in [3.63, 3.8) is 0 Å². The Balaban J connectivity index is 1.63. The van der Waals surface area contributed by atoms with Gasteiger partial charge in [0.15, 0.2) is 0 Å². The van der Waals surface area contributed by atoms with Crippen LogP contribution in [0.5, 0.6) is 5.75 Å². The molecule has 1 N–H and O–H groups in total. The summed E-state index contributed by atoms with van der Waals surface area (Å²) in [5.41, 5.74) is 2.90. The second kappa shape index (κ2) is 8.47. The zero-order chi connectivity index (χ0) is 21.1. The average molecular weight is 394 g/mol. The number of rotatable bonds is 7. The van der Waals surface area contributed by atoms with Crippen LogP contribution in [-0.2, 0) is 4.79 Å². The van der Waals surface area contributed by atoms with Crippen molar-refractivity contribution in [3.8, 4) is 5.75 Å². The van der Waals surface area contributed by atoms with Gasteiger partial charge in [0, 0.05) is 0 Å². The Bertz CT molecular complexity index is 896. The van der Waals surface area contributed by atoms with Crippen LogP contribution in [0.3, 0.4) is 0 Å². The molecule has 0 radical (unpaired) electrons. The number of imide groups is 1. The summed E-state index contributed by atoms with van der Waals surface area (Å²) in [6, 6.07) is 11.7. The van der Waals surface area contributed by atoms with Gasteiger partial charge in [0.25, 0.3) is 11.8 Å². The quantitative estimate of drug-likeness (QED) is 0.578. The summed E-state index contributed by atoms with van der Waals surface area (Å²) in [4.78, 5) is 39.4. The van der Waals surface area contributed by atoms with Crippen molar-refractivity contribution in [2.45, 2.75) is 33.7 Å². The lowest BCUT2D eigenvalue weighted by Gasteiger charge is -2.28. The fourth-order valence-corrected chi connectivity index (χ4v) is 3.64. The summed E-state index contributed by atoms with van der Waals surface area (Å²) < 4.78 is 5.71. The third-order valence-corrected chi connectivity index (χ3v) is 4.87. The fraction of sp³-hybridized carbons (Fsp3) is 0.348. The van der Waals surface area contributed by atoms with E-state index in [1.807, 2.05) is 39.8 Å². The molecule has 6 heteroatoms. The van der Waals surface area contributed by atoms with E-state index in [2.05, 4.69) is 11.4 Å². The molecular weight excluding hydrogens is 368 g/mol. The highest BCUT2D eigenvalue weighted by atomic mass is 16.5. The molecule has 2 aromatic carbocycles. The minimum Gasteiger partial charge on any atom is -0.492 e. The molecule has 0 unspecified atom stereocenters. The van der Waals surface area contributed by atoms with Crippen molar-refractivity contribution in [3.05, 3.63) is 64.7 Å². The molecule has 0 aromatic heterocycles. The van der Waals surface area contributed by atoms with Crippen LogP contribution < -0.4 is 10.1 Å². The molecule has 152 valence electrons. The fourth-order valence-electron chi connectivity index (χ4n) is 3.64. The SMILES string of the molecule is Cc1cc(C)cc(OCCNC(=O)[C@@H](C(C)C)N2C(=O)c3ccccc3C2=O)c1. The summed E-state index contributed by atoms with van der Waals surface area (Å²) in [6.45, 7) is 8.20.